The molecule has 0 atom stereocenters. The van der Waals surface area contributed by atoms with Gasteiger partial charge in [0.05, 0.1) is 16.9 Å². The van der Waals surface area contributed by atoms with E-state index < -0.39 is 0 Å². The lowest BCUT2D eigenvalue weighted by atomic mass is 10.2. The zero-order chi connectivity index (χ0) is 21.5. The Balaban J connectivity index is 1.70. The molecule has 0 unspecified atom stereocenters. The highest BCUT2D eigenvalue weighted by atomic mass is 127. The van der Waals surface area contributed by atoms with Crippen molar-refractivity contribution < 1.29 is 14.3 Å². The van der Waals surface area contributed by atoms with Crippen LogP contribution in [0.1, 0.15) is 21.5 Å². The summed E-state index contributed by atoms with van der Waals surface area (Å²) in [5.41, 5.74) is 4.58. The molecule has 0 aliphatic carbocycles. The van der Waals surface area contributed by atoms with Gasteiger partial charge in [0, 0.05) is 21.2 Å². The number of benzene rings is 3. The Morgan fingerprint density at radius 2 is 1.87 bits per heavy atom. The van der Waals surface area contributed by atoms with Crippen molar-refractivity contribution in [2.75, 3.05) is 7.11 Å². The van der Waals surface area contributed by atoms with E-state index in [4.69, 9.17) is 32.7 Å². The van der Waals surface area contributed by atoms with Crippen LogP contribution in [0.25, 0.3) is 0 Å². The summed E-state index contributed by atoms with van der Waals surface area (Å²) in [5.74, 6) is 0.837. The largest absolute Gasteiger partial charge is 0.493 e. The molecule has 154 valence electrons. The summed E-state index contributed by atoms with van der Waals surface area (Å²) in [6, 6.07) is 17.7. The number of carbonyl (C=O) groups is 1. The minimum atomic E-state index is -0.329. The van der Waals surface area contributed by atoms with Crippen LogP contribution in [0, 0.1) is 3.57 Å². The van der Waals surface area contributed by atoms with Gasteiger partial charge in [0.1, 0.15) is 6.61 Å². The second-order valence-corrected chi connectivity index (χ2v) is 8.13. The summed E-state index contributed by atoms with van der Waals surface area (Å²) in [6.07, 6.45) is 1.54. The van der Waals surface area contributed by atoms with Crippen molar-refractivity contribution >= 4 is 57.9 Å². The SMILES string of the molecule is COc1cc(/C=N\NC(=O)c2ccc(Cl)cc2)cc(I)c1OCc1ccccc1Cl. The quantitative estimate of drug-likeness (QED) is 0.223. The van der Waals surface area contributed by atoms with E-state index in [1.165, 1.54) is 6.21 Å². The lowest BCUT2D eigenvalue weighted by molar-refractivity contribution is 0.0955. The molecule has 0 aliphatic heterocycles. The Kier molecular flexibility index (Phi) is 7.95. The molecule has 1 N–H and O–H groups in total. The zero-order valence-corrected chi connectivity index (χ0v) is 19.5. The second-order valence-electron chi connectivity index (χ2n) is 6.12. The van der Waals surface area contributed by atoms with E-state index >= 15 is 0 Å². The topological polar surface area (TPSA) is 59.9 Å². The Morgan fingerprint density at radius 3 is 2.57 bits per heavy atom. The van der Waals surface area contributed by atoms with E-state index in [0.717, 1.165) is 14.7 Å². The fraction of sp³-hybridized carbons (Fsp3) is 0.0909. The molecule has 0 radical (unpaired) electrons. The summed E-state index contributed by atoms with van der Waals surface area (Å²) in [7, 11) is 1.57. The zero-order valence-electron chi connectivity index (χ0n) is 15.9. The fourth-order valence-electron chi connectivity index (χ4n) is 2.55. The normalized spacial score (nSPS) is 10.8. The first kappa shape index (κ1) is 22.4. The van der Waals surface area contributed by atoms with E-state index in [1.54, 1.807) is 37.4 Å². The first-order chi connectivity index (χ1) is 14.5. The van der Waals surface area contributed by atoms with Crippen LogP contribution in [0.4, 0.5) is 0 Å². The molecule has 3 aromatic rings. The van der Waals surface area contributed by atoms with Crippen molar-refractivity contribution in [1.82, 2.24) is 5.43 Å². The first-order valence-electron chi connectivity index (χ1n) is 8.80. The second kappa shape index (κ2) is 10.7. The van der Waals surface area contributed by atoms with Crippen LogP contribution in [0.5, 0.6) is 11.5 Å². The van der Waals surface area contributed by atoms with Gasteiger partial charge < -0.3 is 9.47 Å². The van der Waals surface area contributed by atoms with Crippen molar-refractivity contribution in [3.8, 4) is 11.5 Å². The van der Waals surface area contributed by atoms with Crippen molar-refractivity contribution in [3.63, 3.8) is 0 Å². The third kappa shape index (κ3) is 5.87. The van der Waals surface area contributed by atoms with Gasteiger partial charge in [-0.15, -0.1) is 0 Å². The lowest BCUT2D eigenvalue weighted by Crippen LogP contribution is -2.17. The number of halogens is 3. The van der Waals surface area contributed by atoms with E-state index in [-0.39, 0.29) is 5.91 Å². The molecule has 30 heavy (non-hydrogen) atoms. The molecule has 3 aromatic carbocycles. The lowest BCUT2D eigenvalue weighted by Gasteiger charge is -2.14. The number of carbonyl (C=O) groups excluding carboxylic acids is 1. The maximum atomic E-state index is 12.1. The summed E-state index contributed by atoms with van der Waals surface area (Å²) >= 11 is 14.2. The molecular formula is C22H17Cl2IN2O3. The van der Waals surface area contributed by atoms with Gasteiger partial charge in [-0.25, -0.2) is 5.43 Å². The third-order valence-electron chi connectivity index (χ3n) is 4.07. The van der Waals surface area contributed by atoms with Crippen molar-refractivity contribution in [2.45, 2.75) is 6.61 Å². The Hall–Kier alpha value is -2.29. The average Bonchev–Trinajstić information content (AvgIpc) is 2.74. The predicted octanol–water partition coefficient (Wildman–Crippen LogP) is 5.95. The summed E-state index contributed by atoms with van der Waals surface area (Å²) in [4.78, 5) is 12.1. The summed E-state index contributed by atoms with van der Waals surface area (Å²) in [5, 5.41) is 5.23. The minimum Gasteiger partial charge on any atom is -0.493 e. The fourth-order valence-corrected chi connectivity index (χ4v) is 3.65. The van der Waals surface area contributed by atoms with Gasteiger partial charge in [-0.2, -0.15) is 5.10 Å². The van der Waals surface area contributed by atoms with Gasteiger partial charge in [0.15, 0.2) is 11.5 Å². The molecule has 1 amide bonds. The number of methoxy groups -OCH3 is 1. The number of hydrazone groups is 1. The van der Waals surface area contributed by atoms with E-state index in [2.05, 4.69) is 33.1 Å². The molecule has 0 saturated heterocycles. The molecule has 5 nitrogen and oxygen atoms in total. The number of nitrogens with one attached hydrogen (secondary N) is 1. The number of nitrogens with zero attached hydrogens (tertiary/aromatic N) is 1. The highest BCUT2D eigenvalue weighted by molar-refractivity contribution is 14.1. The molecule has 0 aromatic heterocycles. The molecule has 3 rings (SSSR count). The van der Waals surface area contributed by atoms with Crippen molar-refractivity contribution in [2.24, 2.45) is 5.10 Å². The minimum absolute atomic E-state index is 0.316. The van der Waals surface area contributed by atoms with Crippen LogP contribution in [0.2, 0.25) is 10.0 Å². The highest BCUT2D eigenvalue weighted by Crippen LogP contribution is 2.34. The third-order valence-corrected chi connectivity index (χ3v) is 5.49. The molecule has 0 heterocycles. The van der Waals surface area contributed by atoms with E-state index in [0.29, 0.717) is 33.7 Å². The van der Waals surface area contributed by atoms with Gasteiger partial charge >= 0.3 is 0 Å². The summed E-state index contributed by atoms with van der Waals surface area (Å²) in [6.45, 7) is 0.316. The molecule has 0 bridgehead atoms. The summed E-state index contributed by atoms with van der Waals surface area (Å²) < 4.78 is 12.3. The smallest absolute Gasteiger partial charge is 0.271 e. The van der Waals surface area contributed by atoms with Gasteiger partial charge in [-0.1, -0.05) is 41.4 Å². The molecule has 0 saturated carbocycles. The number of rotatable bonds is 7. The van der Waals surface area contributed by atoms with Crippen LogP contribution in [0.3, 0.4) is 0 Å². The van der Waals surface area contributed by atoms with Crippen LogP contribution in [-0.4, -0.2) is 19.2 Å². The van der Waals surface area contributed by atoms with Gasteiger partial charge in [-0.05, 0) is 70.6 Å². The number of hydrogen-bond donors (Lipinski definition) is 1. The molecule has 8 heteroatoms. The monoisotopic (exact) mass is 554 g/mol. The molecule has 0 fully saturated rings. The van der Waals surface area contributed by atoms with Crippen LogP contribution < -0.4 is 14.9 Å². The Labute approximate surface area is 198 Å². The van der Waals surface area contributed by atoms with Gasteiger partial charge in [0.2, 0.25) is 0 Å². The number of ether oxygens (including phenoxy) is 2. The molecular weight excluding hydrogens is 538 g/mol. The number of hydrogen-bond acceptors (Lipinski definition) is 4. The van der Waals surface area contributed by atoms with Crippen LogP contribution in [-0.2, 0) is 6.61 Å². The van der Waals surface area contributed by atoms with Crippen molar-refractivity contribution in [3.05, 3.63) is 91.0 Å². The maximum absolute atomic E-state index is 12.1. The molecule has 0 aliphatic rings. The standard InChI is InChI=1S/C22H17Cl2IN2O3/c1-29-20-11-14(12-26-27-22(28)15-6-8-17(23)9-7-15)10-19(25)21(20)30-13-16-4-2-3-5-18(16)24/h2-12H,13H2,1H3,(H,27,28)/b26-12-. The van der Waals surface area contributed by atoms with E-state index in [9.17, 15) is 4.79 Å². The Bertz CT molecular complexity index is 1070. The maximum Gasteiger partial charge on any atom is 0.271 e. The van der Waals surface area contributed by atoms with Gasteiger partial charge in [-0.3, -0.25) is 4.79 Å². The van der Waals surface area contributed by atoms with Crippen LogP contribution in [0.15, 0.2) is 65.8 Å². The van der Waals surface area contributed by atoms with Crippen LogP contribution >= 0.6 is 45.8 Å². The first-order valence-corrected chi connectivity index (χ1v) is 10.6. The van der Waals surface area contributed by atoms with Gasteiger partial charge in [0.25, 0.3) is 5.91 Å². The highest BCUT2D eigenvalue weighted by Gasteiger charge is 2.12. The molecule has 0 spiro atoms. The number of amides is 1. The van der Waals surface area contributed by atoms with Crippen molar-refractivity contribution in [1.29, 1.82) is 0 Å². The van der Waals surface area contributed by atoms with E-state index in [1.807, 2.05) is 30.3 Å². The Morgan fingerprint density at radius 1 is 1.13 bits per heavy atom. The predicted molar refractivity (Wildman–Crippen MR) is 128 cm³/mol. The average molecular weight is 555 g/mol.